The Morgan fingerprint density at radius 3 is 2.54 bits per heavy atom. The molecule has 270 valence electrons. The van der Waals surface area contributed by atoms with Crippen molar-refractivity contribution in [1.82, 2.24) is 24.5 Å². The third-order valence-electron chi connectivity index (χ3n) is 8.56. The summed E-state index contributed by atoms with van der Waals surface area (Å²) in [7, 11) is 3.56. The van der Waals surface area contributed by atoms with E-state index in [1.165, 1.54) is 12.1 Å². The Balaban J connectivity index is 2.11. The summed E-state index contributed by atoms with van der Waals surface area (Å²) < 4.78 is 55.1. The molecule has 3 aliphatic heterocycles. The molecule has 0 aliphatic carbocycles. The van der Waals surface area contributed by atoms with E-state index < -0.39 is 36.3 Å². The largest absolute Gasteiger partial charge is 0.464 e. The molecule has 48 heavy (non-hydrogen) atoms. The molecule has 2 bridgehead atoms. The van der Waals surface area contributed by atoms with Crippen molar-refractivity contribution in [3.63, 3.8) is 0 Å². The molecule has 0 aromatic rings. The van der Waals surface area contributed by atoms with Crippen LogP contribution >= 0.6 is 11.9 Å². The summed E-state index contributed by atoms with van der Waals surface area (Å²) >= 11 is 0.664. The summed E-state index contributed by atoms with van der Waals surface area (Å²) in [5.74, 6) is -0.827. The number of likely N-dealkylation sites (N-methyl/N-ethyl adjacent to an activating group) is 1. The van der Waals surface area contributed by atoms with Crippen LogP contribution in [-0.4, -0.2) is 121 Å². The summed E-state index contributed by atoms with van der Waals surface area (Å²) in [5, 5.41) is 9.92. The Morgan fingerprint density at radius 2 is 1.92 bits per heavy atom. The van der Waals surface area contributed by atoms with Crippen molar-refractivity contribution < 1.29 is 32.2 Å². The number of nitrogens with zero attached hydrogens (tertiary/aromatic N) is 5. The molecule has 0 unspecified atom stereocenters. The number of aliphatic imine (C=N–C) groups is 1. The second-order valence-electron chi connectivity index (χ2n) is 13.3. The summed E-state index contributed by atoms with van der Waals surface area (Å²) in [6.45, 7) is 13.9. The standard InChI is InChI=1S/C33H52F3N7O4S/c1-8-25-19-32(4,5)22-47-31(45)26-10-9-13-42(39-26)30(44)12-11-29(37)48-43(21-33(34,35)36)28(25)18-27(24(3)46-7)38-20-23(2)41-16-14-40(6)15-17-41/h18,20,24,26,37,39H,2,8-17,19,21-22H2,1,3-7H3/b27-18+,28-25+,37-29?,38-20?/t24-,26-/m0/s1. The first-order valence-corrected chi connectivity index (χ1v) is 17.2. The highest BCUT2D eigenvalue weighted by molar-refractivity contribution is 8.11. The minimum Gasteiger partial charge on any atom is -0.464 e. The number of rotatable bonds is 8. The van der Waals surface area contributed by atoms with E-state index in [0.29, 0.717) is 61.1 Å². The first-order valence-electron chi connectivity index (χ1n) is 16.5. The van der Waals surface area contributed by atoms with Crippen molar-refractivity contribution in [2.75, 3.05) is 60.0 Å². The predicted octanol–water partition coefficient (Wildman–Crippen LogP) is 5.14. The fraction of sp³-hybridized carbons (Fsp3) is 0.697. The second-order valence-corrected chi connectivity index (χ2v) is 14.4. The van der Waals surface area contributed by atoms with Gasteiger partial charge < -0.3 is 23.6 Å². The predicted molar refractivity (Wildman–Crippen MR) is 183 cm³/mol. The van der Waals surface area contributed by atoms with Gasteiger partial charge in [-0.2, -0.15) is 13.2 Å². The highest BCUT2D eigenvalue weighted by atomic mass is 32.2. The minimum atomic E-state index is -4.61. The first-order chi connectivity index (χ1) is 22.5. The fourth-order valence-electron chi connectivity index (χ4n) is 5.59. The number of ether oxygens (including phenoxy) is 2. The van der Waals surface area contributed by atoms with E-state index in [4.69, 9.17) is 19.9 Å². The van der Waals surface area contributed by atoms with Crippen LogP contribution in [0.15, 0.2) is 40.3 Å². The molecular weight excluding hydrogens is 647 g/mol. The molecule has 0 aromatic carbocycles. The van der Waals surface area contributed by atoms with Crippen LogP contribution in [0.25, 0.3) is 0 Å². The Labute approximate surface area is 287 Å². The van der Waals surface area contributed by atoms with Gasteiger partial charge in [-0.1, -0.05) is 27.4 Å². The van der Waals surface area contributed by atoms with Gasteiger partial charge in [0, 0.05) is 87.6 Å². The number of hydrazine groups is 1. The van der Waals surface area contributed by atoms with Crippen LogP contribution in [0, 0.1) is 10.8 Å². The first kappa shape index (κ1) is 39.6. The number of carbonyl (C=O) groups excluding carboxylic acids is 2. The Bertz CT molecular complexity index is 1260. The number of hydrogen-bond acceptors (Lipinski definition) is 11. The van der Waals surface area contributed by atoms with E-state index in [2.05, 4.69) is 28.9 Å². The third kappa shape index (κ3) is 12.2. The smallest absolute Gasteiger partial charge is 0.406 e. The average Bonchev–Trinajstić information content (AvgIpc) is 3.04. The van der Waals surface area contributed by atoms with Crippen molar-refractivity contribution >= 4 is 35.1 Å². The molecule has 3 aliphatic rings. The lowest BCUT2D eigenvalue weighted by Crippen LogP contribution is -2.55. The molecule has 3 rings (SSSR count). The number of nitrogens with one attached hydrogen (secondary N) is 2. The quantitative estimate of drug-likeness (QED) is 0.202. The maximum absolute atomic E-state index is 14.2. The number of allylic oxidation sites excluding steroid dienone is 3. The zero-order valence-electron chi connectivity index (χ0n) is 29.1. The van der Waals surface area contributed by atoms with Crippen molar-refractivity contribution in [2.24, 2.45) is 10.4 Å². The number of methoxy groups -OCH3 is 1. The Morgan fingerprint density at radius 1 is 1.23 bits per heavy atom. The molecular formula is C33H52F3N7O4S. The number of fused-ring (bicyclic) bond motifs is 2. The lowest BCUT2D eigenvalue weighted by atomic mass is 9.84. The molecule has 0 radical (unpaired) electrons. The molecule has 2 saturated heterocycles. The lowest BCUT2D eigenvalue weighted by Gasteiger charge is -2.35. The number of cyclic esters (lactones) is 1. The number of piperazine rings is 1. The number of hydrogen-bond donors (Lipinski definition) is 2. The van der Waals surface area contributed by atoms with Crippen LogP contribution in [0.2, 0.25) is 0 Å². The molecule has 2 N–H and O–H groups in total. The second kappa shape index (κ2) is 17.7. The van der Waals surface area contributed by atoms with E-state index >= 15 is 0 Å². The van der Waals surface area contributed by atoms with Gasteiger partial charge in [0.1, 0.15) is 12.6 Å². The SMILES string of the molecule is C=C(C=N/C(=C/C1=C(/CC)CC(C)(C)COC(=O)[C@@H]2CCCN(N2)C(=O)CCC(=N)SN1CC(F)(F)F)[C@H](C)OC)N1CCN(C)CC1. The number of esters is 1. The Kier molecular flexibility index (Phi) is 14.6. The summed E-state index contributed by atoms with van der Waals surface area (Å²) in [6.07, 6.45) is -0.348. The average molecular weight is 700 g/mol. The highest BCUT2D eigenvalue weighted by Gasteiger charge is 2.36. The summed E-state index contributed by atoms with van der Waals surface area (Å²) in [4.78, 5) is 35.1. The van der Waals surface area contributed by atoms with Crippen LogP contribution in [0.3, 0.4) is 0 Å². The van der Waals surface area contributed by atoms with Gasteiger partial charge in [0.25, 0.3) is 0 Å². The normalized spacial score (nSPS) is 25.4. The number of halogens is 3. The molecule has 3 heterocycles. The van der Waals surface area contributed by atoms with E-state index in [9.17, 15) is 22.8 Å². The monoisotopic (exact) mass is 699 g/mol. The Hall–Kier alpha value is -2.88. The molecule has 0 spiro atoms. The van der Waals surface area contributed by atoms with E-state index in [-0.39, 0.29) is 36.1 Å². The van der Waals surface area contributed by atoms with Crippen LogP contribution in [-0.2, 0) is 19.1 Å². The van der Waals surface area contributed by atoms with Gasteiger partial charge in [0.15, 0.2) is 0 Å². The zero-order chi connectivity index (χ0) is 35.6. The molecule has 11 nitrogen and oxygen atoms in total. The van der Waals surface area contributed by atoms with Crippen LogP contribution in [0.5, 0.6) is 0 Å². The van der Waals surface area contributed by atoms with Crippen molar-refractivity contribution in [3.8, 4) is 0 Å². The van der Waals surface area contributed by atoms with Crippen molar-refractivity contribution in [2.45, 2.75) is 84.5 Å². The summed E-state index contributed by atoms with van der Waals surface area (Å²) in [6, 6.07) is -0.682. The molecule has 0 aromatic heterocycles. The lowest BCUT2D eigenvalue weighted by molar-refractivity contribution is -0.154. The molecule has 2 fully saturated rings. The van der Waals surface area contributed by atoms with Crippen LogP contribution in [0.1, 0.15) is 66.2 Å². The highest BCUT2D eigenvalue weighted by Crippen LogP contribution is 2.36. The van der Waals surface area contributed by atoms with Gasteiger partial charge >= 0.3 is 12.1 Å². The maximum atomic E-state index is 14.2. The number of amides is 1. The van der Waals surface area contributed by atoms with E-state index in [0.717, 1.165) is 30.5 Å². The van der Waals surface area contributed by atoms with Crippen LogP contribution < -0.4 is 5.43 Å². The van der Waals surface area contributed by atoms with Crippen LogP contribution in [0.4, 0.5) is 13.2 Å². The third-order valence-corrected chi connectivity index (χ3v) is 9.53. The van der Waals surface area contributed by atoms with E-state index in [1.807, 2.05) is 20.8 Å². The van der Waals surface area contributed by atoms with Gasteiger partial charge in [0.05, 0.1) is 23.5 Å². The van der Waals surface area contributed by atoms with Crippen molar-refractivity contribution in [3.05, 3.63) is 35.3 Å². The van der Waals surface area contributed by atoms with Gasteiger partial charge in [-0.3, -0.25) is 25.0 Å². The molecule has 1 amide bonds. The molecule has 0 saturated carbocycles. The van der Waals surface area contributed by atoms with E-state index in [1.54, 1.807) is 19.2 Å². The molecule has 2 atom stereocenters. The number of alkyl halides is 3. The van der Waals surface area contributed by atoms with Gasteiger partial charge in [-0.15, -0.1) is 0 Å². The summed E-state index contributed by atoms with van der Waals surface area (Å²) in [5.41, 5.74) is 4.26. The maximum Gasteiger partial charge on any atom is 0.406 e. The minimum absolute atomic E-state index is 0.0189. The fourth-order valence-corrected chi connectivity index (χ4v) is 6.54. The number of carbonyl (C=O) groups is 2. The zero-order valence-corrected chi connectivity index (χ0v) is 29.9. The van der Waals surface area contributed by atoms with Gasteiger partial charge in [-0.25, -0.2) is 5.43 Å². The topological polar surface area (TPSA) is 114 Å². The molecule has 15 heteroatoms. The van der Waals surface area contributed by atoms with Gasteiger partial charge in [-0.05, 0) is 51.3 Å². The van der Waals surface area contributed by atoms with Gasteiger partial charge in [0.2, 0.25) is 5.91 Å². The van der Waals surface area contributed by atoms with Crippen molar-refractivity contribution in [1.29, 1.82) is 5.41 Å².